The van der Waals surface area contributed by atoms with Gasteiger partial charge >= 0.3 is 0 Å². The molecule has 0 fully saturated rings. The molecule has 0 radical (unpaired) electrons. The van der Waals surface area contributed by atoms with Crippen molar-refractivity contribution in [1.29, 1.82) is 5.26 Å². The monoisotopic (exact) mass is 235 g/mol. The first-order chi connectivity index (χ1) is 8.04. The van der Waals surface area contributed by atoms with Crippen molar-refractivity contribution in [2.75, 3.05) is 39.1 Å². The summed E-state index contributed by atoms with van der Waals surface area (Å²) in [7, 11) is 5.97. The van der Waals surface area contributed by atoms with E-state index < -0.39 is 0 Å². The number of hydrogen-bond donors (Lipinski definition) is 0. The highest BCUT2D eigenvalue weighted by molar-refractivity contribution is 5.58. The van der Waals surface area contributed by atoms with Crippen LogP contribution in [-0.2, 0) is 0 Å². The van der Waals surface area contributed by atoms with E-state index in [0.717, 1.165) is 25.2 Å². The van der Waals surface area contributed by atoms with Crippen molar-refractivity contribution in [1.82, 2.24) is 4.90 Å². The van der Waals surface area contributed by atoms with Crippen LogP contribution >= 0.6 is 0 Å². The molecule has 0 saturated heterocycles. The molecule has 0 heterocycles. The molecule has 92 valence electrons. The van der Waals surface area contributed by atoms with Gasteiger partial charge in [0, 0.05) is 13.6 Å². The van der Waals surface area contributed by atoms with Crippen LogP contribution in [0.25, 0.3) is 0 Å². The summed E-state index contributed by atoms with van der Waals surface area (Å²) in [6.07, 6.45) is 1.01. The number of benzene rings is 1. The van der Waals surface area contributed by atoms with Crippen LogP contribution in [0.2, 0.25) is 0 Å². The Labute approximate surface area is 102 Å². The van der Waals surface area contributed by atoms with Crippen LogP contribution in [0, 0.1) is 17.1 Å². The molecular formula is C13H18FN3. The minimum absolute atomic E-state index is 0.369. The molecule has 0 amide bonds. The fraction of sp³-hybridized carbons (Fsp3) is 0.462. The van der Waals surface area contributed by atoms with Crippen molar-refractivity contribution in [3.8, 4) is 6.07 Å². The van der Waals surface area contributed by atoms with E-state index in [0.29, 0.717) is 5.56 Å². The quantitative estimate of drug-likeness (QED) is 0.782. The Kier molecular flexibility index (Phi) is 4.92. The van der Waals surface area contributed by atoms with E-state index >= 15 is 0 Å². The summed E-state index contributed by atoms with van der Waals surface area (Å²) >= 11 is 0. The van der Waals surface area contributed by atoms with Crippen molar-refractivity contribution >= 4 is 5.69 Å². The van der Waals surface area contributed by atoms with E-state index in [1.54, 1.807) is 6.07 Å². The van der Waals surface area contributed by atoms with Crippen LogP contribution in [0.4, 0.5) is 10.1 Å². The Hall–Kier alpha value is -1.60. The lowest BCUT2D eigenvalue weighted by Crippen LogP contribution is -2.23. The van der Waals surface area contributed by atoms with E-state index in [-0.39, 0.29) is 5.82 Å². The van der Waals surface area contributed by atoms with E-state index in [1.807, 2.05) is 32.1 Å². The molecular weight excluding hydrogens is 217 g/mol. The Morgan fingerprint density at radius 3 is 2.53 bits per heavy atom. The van der Waals surface area contributed by atoms with E-state index in [9.17, 15) is 4.39 Å². The third kappa shape index (κ3) is 4.04. The summed E-state index contributed by atoms with van der Waals surface area (Å²) in [4.78, 5) is 4.10. The minimum atomic E-state index is -0.369. The second-order valence-electron chi connectivity index (χ2n) is 4.35. The van der Waals surface area contributed by atoms with Crippen LogP contribution in [0.1, 0.15) is 12.0 Å². The zero-order valence-corrected chi connectivity index (χ0v) is 10.6. The molecule has 0 unspecified atom stereocenters. The average Bonchev–Trinajstić information content (AvgIpc) is 2.28. The smallest absolute Gasteiger partial charge is 0.124 e. The molecule has 0 aliphatic carbocycles. The predicted octanol–water partition coefficient (Wildman–Crippen LogP) is 2.09. The predicted molar refractivity (Wildman–Crippen MR) is 67.6 cm³/mol. The highest BCUT2D eigenvalue weighted by atomic mass is 19.1. The van der Waals surface area contributed by atoms with Crippen molar-refractivity contribution in [2.24, 2.45) is 0 Å². The van der Waals surface area contributed by atoms with Crippen LogP contribution in [-0.4, -0.2) is 39.1 Å². The number of anilines is 1. The van der Waals surface area contributed by atoms with Gasteiger partial charge in [-0.05, 0) is 45.3 Å². The second-order valence-corrected chi connectivity index (χ2v) is 4.35. The Morgan fingerprint density at radius 2 is 1.94 bits per heavy atom. The summed E-state index contributed by atoms with van der Waals surface area (Å²) in [5.74, 6) is -0.369. The first kappa shape index (κ1) is 13.5. The maximum absolute atomic E-state index is 13.0. The van der Waals surface area contributed by atoms with Gasteiger partial charge in [0.05, 0.1) is 11.3 Å². The third-order valence-corrected chi connectivity index (χ3v) is 2.59. The number of nitriles is 1. The SMILES string of the molecule is CN(C)CCCN(C)c1ccc(F)cc1C#N. The maximum Gasteiger partial charge on any atom is 0.124 e. The molecule has 1 rings (SSSR count). The second kappa shape index (κ2) is 6.21. The highest BCUT2D eigenvalue weighted by Crippen LogP contribution is 2.19. The minimum Gasteiger partial charge on any atom is -0.373 e. The summed E-state index contributed by atoms with van der Waals surface area (Å²) in [6, 6.07) is 6.34. The van der Waals surface area contributed by atoms with Crippen LogP contribution in [0.5, 0.6) is 0 Å². The van der Waals surface area contributed by atoms with Gasteiger partial charge in [0.2, 0.25) is 0 Å². The molecule has 0 N–H and O–H groups in total. The Bertz CT molecular complexity index is 410. The van der Waals surface area contributed by atoms with Gasteiger partial charge in [0.15, 0.2) is 0 Å². The lowest BCUT2D eigenvalue weighted by Gasteiger charge is -2.21. The number of hydrogen-bond acceptors (Lipinski definition) is 3. The summed E-state index contributed by atoms with van der Waals surface area (Å²) in [5, 5.41) is 8.95. The van der Waals surface area contributed by atoms with Crippen molar-refractivity contribution in [3.05, 3.63) is 29.6 Å². The standard InChI is InChI=1S/C13H18FN3/c1-16(2)7-4-8-17(3)13-6-5-12(14)9-11(13)10-15/h5-6,9H,4,7-8H2,1-3H3. The Morgan fingerprint density at radius 1 is 1.24 bits per heavy atom. The molecule has 0 saturated carbocycles. The average molecular weight is 235 g/mol. The maximum atomic E-state index is 13.0. The van der Waals surface area contributed by atoms with E-state index in [1.165, 1.54) is 12.1 Å². The van der Waals surface area contributed by atoms with Gasteiger partial charge in [0.1, 0.15) is 11.9 Å². The first-order valence-electron chi connectivity index (χ1n) is 5.60. The van der Waals surface area contributed by atoms with Crippen molar-refractivity contribution < 1.29 is 4.39 Å². The number of nitrogens with zero attached hydrogens (tertiary/aromatic N) is 3. The van der Waals surface area contributed by atoms with Crippen LogP contribution < -0.4 is 4.90 Å². The zero-order chi connectivity index (χ0) is 12.8. The fourth-order valence-corrected chi connectivity index (χ4v) is 1.68. The topological polar surface area (TPSA) is 30.3 Å². The normalized spacial score (nSPS) is 10.4. The van der Waals surface area contributed by atoms with Crippen LogP contribution in [0.15, 0.2) is 18.2 Å². The van der Waals surface area contributed by atoms with Crippen LogP contribution in [0.3, 0.4) is 0 Å². The lowest BCUT2D eigenvalue weighted by molar-refractivity contribution is 0.401. The van der Waals surface area contributed by atoms with Crippen molar-refractivity contribution in [2.45, 2.75) is 6.42 Å². The molecule has 0 aromatic heterocycles. The zero-order valence-electron chi connectivity index (χ0n) is 10.6. The van der Waals surface area contributed by atoms with Gasteiger partial charge in [-0.3, -0.25) is 0 Å². The largest absolute Gasteiger partial charge is 0.373 e. The van der Waals surface area contributed by atoms with E-state index in [4.69, 9.17) is 5.26 Å². The van der Waals surface area contributed by atoms with Gasteiger partial charge in [-0.15, -0.1) is 0 Å². The molecule has 4 heteroatoms. The summed E-state index contributed by atoms with van der Waals surface area (Å²) in [6.45, 7) is 1.84. The van der Waals surface area contributed by atoms with Gasteiger partial charge in [-0.1, -0.05) is 0 Å². The first-order valence-corrected chi connectivity index (χ1v) is 5.60. The van der Waals surface area contributed by atoms with Gasteiger partial charge in [0.25, 0.3) is 0 Å². The molecule has 1 aromatic carbocycles. The molecule has 3 nitrogen and oxygen atoms in total. The highest BCUT2D eigenvalue weighted by Gasteiger charge is 2.08. The summed E-state index contributed by atoms with van der Waals surface area (Å²) in [5.41, 5.74) is 1.17. The van der Waals surface area contributed by atoms with E-state index in [2.05, 4.69) is 4.90 Å². The fourth-order valence-electron chi connectivity index (χ4n) is 1.68. The molecule has 0 atom stereocenters. The molecule has 1 aromatic rings. The van der Waals surface area contributed by atoms with Gasteiger partial charge < -0.3 is 9.80 Å². The third-order valence-electron chi connectivity index (χ3n) is 2.59. The summed E-state index contributed by atoms with van der Waals surface area (Å²) < 4.78 is 13.0. The number of halogens is 1. The molecule has 0 bridgehead atoms. The molecule has 0 aliphatic rings. The van der Waals surface area contributed by atoms with Gasteiger partial charge in [-0.25, -0.2) is 4.39 Å². The molecule has 0 spiro atoms. The molecule has 0 aliphatic heterocycles. The van der Waals surface area contributed by atoms with Gasteiger partial charge in [-0.2, -0.15) is 5.26 Å². The lowest BCUT2D eigenvalue weighted by atomic mass is 10.1. The number of rotatable bonds is 5. The Balaban J connectivity index is 2.69. The van der Waals surface area contributed by atoms with Crippen molar-refractivity contribution in [3.63, 3.8) is 0 Å². The molecule has 17 heavy (non-hydrogen) atoms.